The molecular weight excluding hydrogens is 418 g/mol. The van der Waals surface area contributed by atoms with Crippen LogP contribution in [0.4, 0.5) is 5.69 Å². The maximum Gasteiger partial charge on any atom is 0.174 e. The van der Waals surface area contributed by atoms with Gasteiger partial charge in [-0.25, -0.2) is 0 Å². The fraction of sp³-hybridized carbons (Fsp3) is 0.160. The molecule has 0 aliphatic carbocycles. The second kappa shape index (κ2) is 8.43. The molecule has 0 unspecified atom stereocenters. The van der Waals surface area contributed by atoms with Crippen LogP contribution in [0.2, 0.25) is 0 Å². The summed E-state index contributed by atoms with van der Waals surface area (Å²) in [7, 11) is 1.67. The summed E-state index contributed by atoms with van der Waals surface area (Å²) in [5.41, 5.74) is 5.12. The number of benzene rings is 1. The smallest absolute Gasteiger partial charge is 0.174 e. The molecule has 1 N–H and O–H groups in total. The minimum absolute atomic E-state index is 0.125. The van der Waals surface area contributed by atoms with Crippen molar-refractivity contribution in [2.45, 2.75) is 19.0 Å². The summed E-state index contributed by atoms with van der Waals surface area (Å²) in [6.45, 7) is 2.10. The highest BCUT2D eigenvalue weighted by atomic mass is 32.1. The highest BCUT2D eigenvalue weighted by Gasteiger charge is 2.42. The van der Waals surface area contributed by atoms with Gasteiger partial charge in [-0.15, -0.1) is 0 Å². The molecule has 3 aromatic heterocycles. The van der Waals surface area contributed by atoms with Crippen LogP contribution in [-0.2, 0) is 0 Å². The van der Waals surface area contributed by atoms with Gasteiger partial charge in [0, 0.05) is 35.5 Å². The largest absolute Gasteiger partial charge is 0.497 e. The Kier molecular flexibility index (Phi) is 5.33. The predicted molar refractivity (Wildman–Crippen MR) is 129 cm³/mol. The van der Waals surface area contributed by atoms with Gasteiger partial charge < -0.3 is 19.5 Å². The first-order valence-electron chi connectivity index (χ1n) is 10.4. The Morgan fingerprint density at radius 2 is 1.84 bits per heavy atom. The molecule has 0 saturated carbocycles. The number of aryl methyl sites for hydroxylation is 1. The van der Waals surface area contributed by atoms with Crippen LogP contribution in [-0.4, -0.2) is 26.8 Å². The second-order valence-corrected chi connectivity index (χ2v) is 8.03. The summed E-state index contributed by atoms with van der Waals surface area (Å²) < 4.78 is 7.72. The van der Waals surface area contributed by atoms with Crippen molar-refractivity contribution in [3.8, 4) is 11.4 Å². The van der Waals surface area contributed by atoms with E-state index in [4.69, 9.17) is 17.0 Å². The van der Waals surface area contributed by atoms with E-state index in [-0.39, 0.29) is 12.1 Å². The topological polar surface area (TPSA) is 55.2 Å². The Morgan fingerprint density at radius 3 is 2.59 bits per heavy atom. The maximum atomic E-state index is 5.85. The van der Waals surface area contributed by atoms with Crippen molar-refractivity contribution in [1.29, 1.82) is 0 Å². The number of ether oxygens (including phenoxy) is 1. The molecule has 5 rings (SSSR count). The molecule has 1 aliphatic heterocycles. The number of hydrogen-bond acceptors (Lipinski definition) is 4. The van der Waals surface area contributed by atoms with Crippen LogP contribution in [0.5, 0.6) is 5.75 Å². The SMILES string of the molecule is COc1cccc(N2C(=S)N[C@H](c3ccccn3)[C@H]2c2ccc(C)n2-c2cccnc2)c1. The minimum atomic E-state index is -0.126. The number of aromatic nitrogens is 3. The zero-order valence-corrected chi connectivity index (χ0v) is 18.7. The number of nitrogens with zero attached hydrogens (tertiary/aromatic N) is 4. The highest BCUT2D eigenvalue weighted by Crippen LogP contribution is 2.43. The van der Waals surface area contributed by atoms with Gasteiger partial charge in [0.25, 0.3) is 0 Å². The number of nitrogens with one attached hydrogen (secondary N) is 1. The van der Waals surface area contributed by atoms with E-state index in [2.05, 4.69) is 55.9 Å². The zero-order valence-electron chi connectivity index (χ0n) is 17.8. The minimum Gasteiger partial charge on any atom is -0.497 e. The van der Waals surface area contributed by atoms with Gasteiger partial charge in [0.15, 0.2) is 5.11 Å². The first-order valence-corrected chi connectivity index (χ1v) is 10.8. The average Bonchev–Trinajstić information content (AvgIpc) is 3.39. The average molecular weight is 442 g/mol. The fourth-order valence-electron chi connectivity index (χ4n) is 4.32. The second-order valence-electron chi connectivity index (χ2n) is 7.64. The lowest BCUT2D eigenvalue weighted by Crippen LogP contribution is -2.30. The number of methoxy groups -OCH3 is 1. The number of pyridine rings is 2. The van der Waals surface area contributed by atoms with Crippen LogP contribution in [0.3, 0.4) is 0 Å². The van der Waals surface area contributed by atoms with Crippen LogP contribution >= 0.6 is 12.2 Å². The van der Waals surface area contributed by atoms with Crippen LogP contribution in [0.25, 0.3) is 5.69 Å². The molecule has 0 radical (unpaired) electrons. The summed E-state index contributed by atoms with van der Waals surface area (Å²) in [6, 6.07) is 22.0. The first kappa shape index (κ1) is 20.2. The van der Waals surface area contributed by atoms with E-state index in [1.54, 1.807) is 13.3 Å². The predicted octanol–water partition coefficient (Wildman–Crippen LogP) is 4.76. The molecule has 160 valence electrons. The van der Waals surface area contributed by atoms with E-state index >= 15 is 0 Å². The summed E-state index contributed by atoms with van der Waals surface area (Å²) in [6.07, 6.45) is 5.48. The van der Waals surface area contributed by atoms with E-state index in [9.17, 15) is 0 Å². The number of thiocarbonyl (C=S) groups is 1. The molecule has 6 nitrogen and oxygen atoms in total. The summed E-state index contributed by atoms with van der Waals surface area (Å²) in [5.74, 6) is 0.782. The quantitative estimate of drug-likeness (QED) is 0.451. The molecular formula is C25H23N5OS. The molecule has 0 spiro atoms. The fourth-order valence-corrected chi connectivity index (χ4v) is 4.67. The van der Waals surface area contributed by atoms with Gasteiger partial charge in [-0.05, 0) is 67.7 Å². The Morgan fingerprint density at radius 1 is 0.969 bits per heavy atom. The van der Waals surface area contributed by atoms with Gasteiger partial charge in [-0.2, -0.15) is 0 Å². The lowest BCUT2D eigenvalue weighted by atomic mass is 10.0. The van der Waals surface area contributed by atoms with Gasteiger partial charge in [0.1, 0.15) is 11.8 Å². The highest BCUT2D eigenvalue weighted by molar-refractivity contribution is 7.80. The lowest BCUT2D eigenvalue weighted by Gasteiger charge is -2.29. The van der Waals surface area contributed by atoms with Crippen molar-refractivity contribution in [1.82, 2.24) is 19.9 Å². The molecule has 1 aliphatic rings. The van der Waals surface area contributed by atoms with E-state index in [0.29, 0.717) is 5.11 Å². The van der Waals surface area contributed by atoms with Gasteiger partial charge in [-0.3, -0.25) is 9.97 Å². The van der Waals surface area contributed by atoms with E-state index < -0.39 is 0 Å². The standard InChI is InChI=1S/C25H23N5OS/c1-17-11-12-22(29(17)19-8-6-13-26-16-19)24-23(21-10-3-4-14-27-21)28-25(32)30(24)18-7-5-9-20(15-18)31-2/h3-16,23-24H,1-2H3,(H,28,32)/t23-,24-/m1/s1. The Balaban J connectivity index is 1.70. The molecule has 0 amide bonds. The lowest BCUT2D eigenvalue weighted by molar-refractivity contribution is 0.414. The zero-order chi connectivity index (χ0) is 22.1. The van der Waals surface area contributed by atoms with Crippen molar-refractivity contribution in [3.63, 3.8) is 0 Å². The third-order valence-corrected chi connectivity index (χ3v) is 6.06. The van der Waals surface area contributed by atoms with Gasteiger partial charge in [0.05, 0.1) is 30.7 Å². The van der Waals surface area contributed by atoms with Crippen molar-refractivity contribution >= 4 is 23.0 Å². The Labute approximate surface area is 192 Å². The third kappa shape index (κ3) is 3.50. The normalized spacial score (nSPS) is 17.9. The number of rotatable bonds is 5. The number of hydrogen-bond donors (Lipinski definition) is 1. The molecule has 1 fully saturated rings. The molecule has 0 bridgehead atoms. The Hall–Kier alpha value is -3.71. The van der Waals surface area contributed by atoms with E-state index in [0.717, 1.165) is 34.2 Å². The molecule has 7 heteroatoms. The van der Waals surface area contributed by atoms with Gasteiger partial charge >= 0.3 is 0 Å². The molecule has 4 aromatic rings. The van der Waals surface area contributed by atoms with Crippen molar-refractivity contribution in [2.75, 3.05) is 12.0 Å². The van der Waals surface area contributed by atoms with Crippen LogP contribution in [0.1, 0.15) is 29.2 Å². The summed E-state index contributed by atoms with van der Waals surface area (Å²) in [5, 5.41) is 4.17. The van der Waals surface area contributed by atoms with Crippen molar-refractivity contribution in [2.24, 2.45) is 0 Å². The van der Waals surface area contributed by atoms with Crippen LogP contribution < -0.4 is 15.0 Å². The van der Waals surface area contributed by atoms with Crippen molar-refractivity contribution < 1.29 is 4.74 Å². The maximum absolute atomic E-state index is 5.85. The molecule has 32 heavy (non-hydrogen) atoms. The number of anilines is 1. The molecule has 1 saturated heterocycles. The third-order valence-electron chi connectivity index (χ3n) is 5.74. The van der Waals surface area contributed by atoms with Crippen molar-refractivity contribution in [3.05, 3.63) is 102 Å². The summed E-state index contributed by atoms with van der Waals surface area (Å²) >= 11 is 5.85. The molecule has 2 atom stereocenters. The van der Waals surface area contributed by atoms with Crippen LogP contribution in [0.15, 0.2) is 85.3 Å². The summed E-state index contributed by atoms with van der Waals surface area (Å²) in [4.78, 5) is 11.1. The van der Waals surface area contributed by atoms with Gasteiger partial charge in [0.2, 0.25) is 0 Å². The van der Waals surface area contributed by atoms with Crippen LogP contribution in [0, 0.1) is 6.92 Å². The molecule has 1 aromatic carbocycles. The first-order chi connectivity index (χ1) is 15.7. The Bertz CT molecular complexity index is 1240. The van der Waals surface area contributed by atoms with Gasteiger partial charge in [-0.1, -0.05) is 12.1 Å². The van der Waals surface area contributed by atoms with E-state index in [1.165, 1.54) is 0 Å². The van der Waals surface area contributed by atoms with E-state index in [1.807, 2.05) is 54.9 Å². The monoisotopic (exact) mass is 441 g/mol. The molecule has 4 heterocycles.